The molecule has 0 saturated carbocycles. The summed E-state index contributed by atoms with van der Waals surface area (Å²) in [4.78, 5) is 0. The SMILES string of the molecule is Fc1cc(Cl)ccc1C1CNCCO1. The van der Waals surface area contributed by atoms with Crippen LogP contribution in [0, 0.1) is 5.82 Å². The topological polar surface area (TPSA) is 21.3 Å². The van der Waals surface area contributed by atoms with Gasteiger partial charge in [-0.05, 0) is 12.1 Å². The van der Waals surface area contributed by atoms with Crippen LogP contribution in [0.4, 0.5) is 4.39 Å². The second-order valence-electron chi connectivity index (χ2n) is 3.23. The van der Waals surface area contributed by atoms with Gasteiger partial charge in [0, 0.05) is 23.7 Å². The minimum absolute atomic E-state index is 0.194. The number of nitrogens with one attached hydrogen (secondary N) is 1. The lowest BCUT2D eigenvalue weighted by Gasteiger charge is -2.24. The van der Waals surface area contributed by atoms with Crippen molar-refractivity contribution in [3.05, 3.63) is 34.6 Å². The van der Waals surface area contributed by atoms with Crippen LogP contribution in [-0.2, 0) is 4.74 Å². The Hall–Kier alpha value is -0.640. The first kappa shape index (κ1) is 9.90. The summed E-state index contributed by atoms with van der Waals surface area (Å²) in [6.45, 7) is 2.09. The van der Waals surface area contributed by atoms with Crippen LogP contribution in [0.3, 0.4) is 0 Å². The van der Waals surface area contributed by atoms with Crippen molar-refractivity contribution in [1.82, 2.24) is 5.32 Å². The van der Waals surface area contributed by atoms with Gasteiger partial charge in [-0.3, -0.25) is 0 Å². The largest absolute Gasteiger partial charge is 0.371 e. The minimum atomic E-state index is -0.300. The number of halogens is 2. The zero-order valence-electron chi connectivity index (χ0n) is 7.59. The first-order valence-electron chi connectivity index (χ1n) is 4.54. The molecule has 14 heavy (non-hydrogen) atoms. The van der Waals surface area contributed by atoms with E-state index in [0.717, 1.165) is 6.54 Å². The Morgan fingerprint density at radius 2 is 2.36 bits per heavy atom. The summed E-state index contributed by atoms with van der Waals surface area (Å²) in [5.41, 5.74) is 0.571. The number of hydrogen-bond acceptors (Lipinski definition) is 2. The molecule has 0 aromatic heterocycles. The predicted octanol–water partition coefficient (Wildman–Crippen LogP) is 2.14. The first-order chi connectivity index (χ1) is 6.77. The molecule has 0 radical (unpaired) electrons. The molecular formula is C10H11ClFNO. The van der Waals surface area contributed by atoms with Gasteiger partial charge >= 0.3 is 0 Å². The fourth-order valence-corrected chi connectivity index (χ4v) is 1.69. The molecule has 1 saturated heterocycles. The average Bonchev–Trinajstić information content (AvgIpc) is 2.19. The third-order valence-electron chi connectivity index (χ3n) is 2.24. The molecule has 0 amide bonds. The van der Waals surface area contributed by atoms with Gasteiger partial charge in [-0.25, -0.2) is 4.39 Å². The van der Waals surface area contributed by atoms with E-state index in [9.17, 15) is 4.39 Å². The molecule has 0 spiro atoms. The Bertz CT molecular complexity index is 326. The van der Waals surface area contributed by atoms with E-state index in [1.807, 2.05) is 0 Å². The lowest BCUT2D eigenvalue weighted by Crippen LogP contribution is -2.33. The highest BCUT2D eigenvalue weighted by Crippen LogP contribution is 2.24. The van der Waals surface area contributed by atoms with Crippen molar-refractivity contribution in [2.45, 2.75) is 6.10 Å². The standard InChI is InChI=1S/C10H11ClFNO/c11-7-1-2-8(9(12)5-7)10-6-13-3-4-14-10/h1-2,5,10,13H,3-4,6H2. The van der Waals surface area contributed by atoms with Gasteiger partial charge in [0.05, 0.1) is 12.7 Å². The summed E-state index contributed by atoms with van der Waals surface area (Å²) in [6, 6.07) is 4.67. The van der Waals surface area contributed by atoms with Crippen LogP contribution in [0.15, 0.2) is 18.2 Å². The zero-order valence-corrected chi connectivity index (χ0v) is 8.35. The third kappa shape index (κ3) is 2.05. The molecule has 2 nitrogen and oxygen atoms in total. The number of benzene rings is 1. The highest BCUT2D eigenvalue weighted by atomic mass is 35.5. The Morgan fingerprint density at radius 3 is 3.00 bits per heavy atom. The molecule has 0 bridgehead atoms. The van der Waals surface area contributed by atoms with E-state index in [1.54, 1.807) is 12.1 Å². The molecule has 1 aromatic carbocycles. The van der Waals surface area contributed by atoms with Crippen molar-refractivity contribution in [2.24, 2.45) is 0 Å². The molecule has 1 atom stereocenters. The van der Waals surface area contributed by atoms with Gasteiger partial charge in [0.25, 0.3) is 0 Å². The van der Waals surface area contributed by atoms with Gasteiger partial charge in [-0.15, -0.1) is 0 Å². The van der Waals surface area contributed by atoms with Crippen LogP contribution in [-0.4, -0.2) is 19.7 Å². The van der Waals surface area contributed by atoms with E-state index < -0.39 is 0 Å². The Balaban J connectivity index is 2.22. The molecule has 76 valence electrons. The summed E-state index contributed by atoms with van der Waals surface area (Å²) in [5.74, 6) is -0.300. The molecule has 1 aliphatic rings. The second-order valence-corrected chi connectivity index (χ2v) is 3.67. The van der Waals surface area contributed by atoms with E-state index >= 15 is 0 Å². The van der Waals surface area contributed by atoms with Gasteiger partial charge in [0.2, 0.25) is 0 Å². The van der Waals surface area contributed by atoms with Crippen molar-refractivity contribution >= 4 is 11.6 Å². The maximum absolute atomic E-state index is 13.4. The summed E-state index contributed by atoms with van der Waals surface area (Å²) >= 11 is 5.66. The maximum atomic E-state index is 13.4. The highest BCUT2D eigenvalue weighted by molar-refractivity contribution is 6.30. The average molecular weight is 216 g/mol. The smallest absolute Gasteiger partial charge is 0.130 e. The van der Waals surface area contributed by atoms with Crippen molar-refractivity contribution in [3.8, 4) is 0 Å². The van der Waals surface area contributed by atoms with Gasteiger partial charge in [-0.2, -0.15) is 0 Å². The van der Waals surface area contributed by atoms with Crippen LogP contribution < -0.4 is 5.32 Å². The van der Waals surface area contributed by atoms with E-state index in [0.29, 0.717) is 23.7 Å². The monoisotopic (exact) mass is 215 g/mol. The maximum Gasteiger partial charge on any atom is 0.130 e. The molecule has 1 aliphatic heterocycles. The van der Waals surface area contributed by atoms with Crippen molar-refractivity contribution in [1.29, 1.82) is 0 Å². The molecule has 2 rings (SSSR count). The molecule has 1 aromatic rings. The molecular weight excluding hydrogens is 205 g/mol. The fraction of sp³-hybridized carbons (Fsp3) is 0.400. The quantitative estimate of drug-likeness (QED) is 0.775. The number of morpholine rings is 1. The Labute approximate surface area is 87.0 Å². The molecule has 1 N–H and O–H groups in total. The number of ether oxygens (including phenoxy) is 1. The van der Waals surface area contributed by atoms with Gasteiger partial charge in [-0.1, -0.05) is 17.7 Å². The molecule has 1 heterocycles. The van der Waals surface area contributed by atoms with Gasteiger partial charge < -0.3 is 10.1 Å². The van der Waals surface area contributed by atoms with Gasteiger partial charge in [0.15, 0.2) is 0 Å². The normalized spacial score (nSPS) is 22.3. The van der Waals surface area contributed by atoms with E-state index in [1.165, 1.54) is 6.07 Å². The van der Waals surface area contributed by atoms with E-state index in [4.69, 9.17) is 16.3 Å². The zero-order chi connectivity index (χ0) is 9.97. The van der Waals surface area contributed by atoms with Crippen molar-refractivity contribution in [2.75, 3.05) is 19.7 Å². The Morgan fingerprint density at radius 1 is 1.50 bits per heavy atom. The predicted molar refractivity (Wildman–Crippen MR) is 53.0 cm³/mol. The van der Waals surface area contributed by atoms with Crippen LogP contribution >= 0.6 is 11.6 Å². The third-order valence-corrected chi connectivity index (χ3v) is 2.47. The molecule has 1 fully saturated rings. The summed E-state index contributed by atoms with van der Waals surface area (Å²) < 4.78 is 18.9. The van der Waals surface area contributed by atoms with Gasteiger partial charge in [0.1, 0.15) is 5.82 Å². The summed E-state index contributed by atoms with van der Waals surface area (Å²) in [6.07, 6.45) is -0.194. The molecule has 0 aliphatic carbocycles. The lowest BCUT2D eigenvalue weighted by atomic mass is 10.1. The molecule has 4 heteroatoms. The molecule has 1 unspecified atom stereocenters. The van der Waals surface area contributed by atoms with Crippen LogP contribution in [0.5, 0.6) is 0 Å². The second kappa shape index (κ2) is 4.26. The minimum Gasteiger partial charge on any atom is -0.371 e. The fourth-order valence-electron chi connectivity index (χ4n) is 1.53. The van der Waals surface area contributed by atoms with Crippen molar-refractivity contribution < 1.29 is 9.13 Å². The van der Waals surface area contributed by atoms with Crippen LogP contribution in [0.25, 0.3) is 0 Å². The van der Waals surface area contributed by atoms with Crippen LogP contribution in [0.1, 0.15) is 11.7 Å². The van der Waals surface area contributed by atoms with E-state index in [2.05, 4.69) is 5.32 Å². The highest BCUT2D eigenvalue weighted by Gasteiger charge is 2.18. The lowest BCUT2D eigenvalue weighted by molar-refractivity contribution is 0.0255. The number of rotatable bonds is 1. The number of hydrogen-bond donors (Lipinski definition) is 1. The Kier molecular flexibility index (Phi) is 3.01. The van der Waals surface area contributed by atoms with Crippen molar-refractivity contribution in [3.63, 3.8) is 0 Å². The summed E-state index contributed by atoms with van der Waals surface area (Å²) in [7, 11) is 0. The van der Waals surface area contributed by atoms with E-state index in [-0.39, 0.29) is 11.9 Å². The first-order valence-corrected chi connectivity index (χ1v) is 4.92. The van der Waals surface area contributed by atoms with Crippen LogP contribution in [0.2, 0.25) is 5.02 Å². The summed E-state index contributed by atoms with van der Waals surface area (Å²) in [5, 5.41) is 3.56.